The number of nitrogens with zero attached hydrogens (tertiary/aromatic N) is 1. The number of aromatic nitrogens is 1. The van der Waals surface area contributed by atoms with Crippen molar-refractivity contribution in [3.05, 3.63) is 69.5 Å². The molecule has 0 aliphatic rings. The Balaban J connectivity index is 1.57. The molecule has 23 heavy (non-hydrogen) atoms. The number of carbonyl (C=O) groups excluding carboxylic acids is 1. The molecule has 6 heteroatoms. The van der Waals surface area contributed by atoms with Crippen LogP contribution in [0.25, 0.3) is 17.4 Å². The van der Waals surface area contributed by atoms with Gasteiger partial charge in [0.05, 0.1) is 0 Å². The van der Waals surface area contributed by atoms with E-state index >= 15 is 0 Å². The van der Waals surface area contributed by atoms with Gasteiger partial charge >= 0.3 is 5.97 Å². The largest absolute Gasteiger partial charge is 0.456 e. The van der Waals surface area contributed by atoms with E-state index in [-0.39, 0.29) is 6.61 Å². The number of hydrogen-bond acceptors (Lipinski definition) is 5. The molecule has 0 amide bonds. The first kappa shape index (κ1) is 15.5. The van der Waals surface area contributed by atoms with Crippen molar-refractivity contribution in [3.8, 4) is 11.3 Å². The molecule has 0 spiro atoms. The second-order valence-corrected chi connectivity index (χ2v) is 6.06. The molecule has 2 heterocycles. The van der Waals surface area contributed by atoms with Gasteiger partial charge in [-0.25, -0.2) is 4.79 Å². The van der Waals surface area contributed by atoms with Gasteiger partial charge in [0.1, 0.15) is 12.3 Å². The Bertz CT molecular complexity index is 807. The second-order valence-electron chi connectivity index (χ2n) is 4.65. The Morgan fingerprint density at radius 2 is 2.13 bits per heavy atom. The first-order valence-electron chi connectivity index (χ1n) is 6.80. The molecule has 0 atom stereocenters. The lowest BCUT2D eigenvalue weighted by Crippen LogP contribution is -2.00. The lowest BCUT2D eigenvalue weighted by atomic mass is 10.2. The molecule has 3 aromatic rings. The van der Waals surface area contributed by atoms with Crippen molar-refractivity contribution in [2.24, 2.45) is 0 Å². The van der Waals surface area contributed by atoms with Gasteiger partial charge in [0, 0.05) is 27.6 Å². The van der Waals surface area contributed by atoms with Gasteiger partial charge in [0.15, 0.2) is 5.76 Å². The molecule has 3 rings (SSSR count). The Hall–Kier alpha value is -2.37. The van der Waals surface area contributed by atoms with Crippen LogP contribution in [-0.4, -0.2) is 11.1 Å². The maximum Gasteiger partial charge on any atom is 0.331 e. The molecule has 0 N–H and O–H groups in total. The Labute approximate surface area is 141 Å². The Kier molecular flexibility index (Phi) is 4.90. The average Bonchev–Trinajstić information content (AvgIpc) is 3.23. The van der Waals surface area contributed by atoms with Crippen LogP contribution >= 0.6 is 22.9 Å². The highest BCUT2D eigenvalue weighted by Gasteiger charge is 2.08. The number of carbonyl (C=O) groups is 1. The van der Waals surface area contributed by atoms with E-state index in [0.29, 0.717) is 16.5 Å². The van der Waals surface area contributed by atoms with Crippen LogP contribution in [0.5, 0.6) is 0 Å². The van der Waals surface area contributed by atoms with Crippen LogP contribution in [0.2, 0.25) is 5.02 Å². The quantitative estimate of drug-likeness (QED) is 0.491. The standard InChI is InChI=1S/C17H12ClNO3S/c18-13-5-3-12(4-6-13)16-10-14(19-22-16)11-21-17(20)8-7-15-2-1-9-23-15/h1-10H,11H2/b8-7+. The maximum absolute atomic E-state index is 11.6. The third kappa shape index (κ3) is 4.31. The number of ether oxygens (including phenoxy) is 1. The van der Waals surface area contributed by atoms with E-state index in [1.54, 1.807) is 35.6 Å². The Morgan fingerprint density at radius 1 is 1.30 bits per heavy atom. The summed E-state index contributed by atoms with van der Waals surface area (Å²) < 4.78 is 10.4. The lowest BCUT2D eigenvalue weighted by Gasteiger charge is -1.97. The lowest BCUT2D eigenvalue weighted by molar-refractivity contribution is -0.139. The molecular weight excluding hydrogens is 334 g/mol. The van der Waals surface area contributed by atoms with Crippen LogP contribution in [-0.2, 0) is 16.1 Å². The van der Waals surface area contributed by atoms with Crippen LogP contribution in [0, 0.1) is 0 Å². The summed E-state index contributed by atoms with van der Waals surface area (Å²) in [5.41, 5.74) is 1.41. The molecule has 0 saturated heterocycles. The summed E-state index contributed by atoms with van der Waals surface area (Å²) >= 11 is 7.40. The van der Waals surface area contributed by atoms with Gasteiger partial charge in [0.2, 0.25) is 0 Å². The molecule has 0 fully saturated rings. The number of benzene rings is 1. The third-order valence-corrected chi connectivity index (χ3v) is 4.07. The fraction of sp³-hybridized carbons (Fsp3) is 0.0588. The number of rotatable bonds is 5. The van der Waals surface area contributed by atoms with Crippen molar-refractivity contribution in [2.45, 2.75) is 6.61 Å². The predicted octanol–water partition coefficient (Wildman–Crippen LogP) is 4.81. The van der Waals surface area contributed by atoms with Gasteiger partial charge in [-0.1, -0.05) is 22.8 Å². The molecule has 0 aliphatic heterocycles. The normalized spacial score (nSPS) is 11.0. The van der Waals surface area contributed by atoms with Crippen molar-refractivity contribution in [3.63, 3.8) is 0 Å². The second kappa shape index (κ2) is 7.26. The molecule has 0 bridgehead atoms. The van der Waals surface area contributed by atoms with E-state index in [0.717, 1.165) is 10.4 Å². The van der Waals surface area contributed by atoms with Gasteiger partial charge in [-0.3, -0.25) is 0 Å². The fourth-order valence-electron chi connectivity index (χ4n) is 1.86. The van der Waals surface area contributed by atoms with Gasteiger partial charge < -0.3 is 9.26 Å². The minimum Gasteiger partial charge on any atom is -0.456 e. The molecule has 116 valence electrons. The summed E-state index contributed by atoms with van der Waals surface area (Å²) in [5.74, 6) is 0.177. The number of hydrogen-bond donors (Lipinski definition) is 0. The topological polar surface area (TPSA) is 52.3 Å². The highest BCUT2D eigenvalue weighted by Crippen LogP contribution is 2.22. The Morgan fingerprint density at radius 3 is 2.87 bits per heavy atom. The van der Waals surface area contributed by atoms with E-state index in [9.17, 15) is 4.79 Å². The van der Waals surface area contributed by atoms with Crippen LogP contribution in [0.1, 0.15) is 10.6 Å². The van der Waals surface area contributed by atoms with Crippen molar-refractivity contribution in [1.29, 1.82) is 0 Å². The summed E-state index contributed by atoms with van der Waals surface area (Å²) in [7, 11) is 0. The maximum atomic E-state index is 11.6. The summed E-state index contributed by atoms with van der Waals surface area (Å²) in [6.07, 6.45) is 3.11. The van der Waals surface area contributed by atoms with Crippen LogP contribution in [0.3, 0.4) is 0 Å². The van der Waals surface area contributed by atoms with Gasteiger partial charge in [-0.2, -0.15) is 0 Å². The van der Waals surface area contributed by atoms with Gasteiger partial charge in [0.25, 0.3) is 0 Å². The first-order valence-corrected chi connectivity index (χ1v) is 8.06. The predicted molar refractivity (Wildman–Crippen MR) is 90.1 cm³/mol. The zero-order chi connectivity index (χ0) is 16.1. The van der Waals surface area contributed by atoms with Crippen molar-refractivity contribution >= 4 is 35.0 Å². The fourth-order valence-corrected chi connectivity index (χ4v) is 2.60. The number of thiophene rings is 1. The highest BCUT2D eigenvalue weighted by molar-refractivity contribution is 7.10. The summed E-state index contributed by atoms with van der Waals surface area (Å²) in [6, 6.07) is 12.8. The van der Waals surface area contributed by atoms with Crippen molar-refractivity contribution in [1.82, 2.24) is 5.16 Å². The van der Waals surface area contributed by atoms with E-state index in [4.69, 9.17) is 20.9 Å². The summed E-state index contributed by atoms with van der Waals surface area (Å²) in [6.45, 7) is 0.0602. The van der Waals surface area contributed by atoms with Crippen molar-refractivity contribution in [2.75, 3.05) is 0 Å². The molecule has 4 nitrogen and oxygen atoms in total. The molecular formula is C17H12ClNO3S. The molecule has 0 radical (unpaired) electrons. The van der Waals surface area contributed by atoms with Crippen molar-refractivity contribution < 1.29 is 14.1 Å². The van der Waals surface area contributed by atoms with Gasteiger partial charge in [-0.05, 0) is 41.8 Å². The number of halogens is 1. The molecule has 1 aromatic carbocycles. The third-order valence-electron chi connectivity index (χ3n) is 2.98. The van der Waals surface area contributed by atoms with Gasteiger partial charge in [-0.15, -0.1) is 11.3 Å². The minimum atomic E-state index is -0.422. The zero-order valence-corrected chi connectivity index (χ0v) is 13.5. The average molecular weight is 346 g/mol. The number of esters is 1. The van der Waals surface area contributed by atoms with Crippen LogP contribution in [0.4, 0.5) is 0 Å². The first-order chi connectivity index (χ1) is 11.2. The van der Waals surface area contributed by atoms with Crippen LogP contribution < -0.4 is 0 Å². The van der Waals surface area contributed by atoms with E-state index in [1.165, 1.54) is 6.08 Å². The van der Waals surface area contributed by atoms with E-state index in [1.807, 2.05) is 29.6 Å². The van der Waals surface area contributed by atoms with Crippen LogP contribution in [0.15, 0.2) is 58.4 Å². The molecule has 0 unspecified atom stereocenters. The molecule has 2 aromatic heterocycles. The smallest absolute Gasteiger partial charge is 0.331 e. The molecule has 0 saturated carbocycles. The summed E-state index contributed by atoms with van der Waals surface area (Å²) in [5, 5.41) is 6.49. The van der Waals surface area contributed by atoms with E-state index < -0.39 is 5.97 Å². The highest BCUT2D eigenvalue weighted by atomic mass is 35.5. The SMILES string of the molecule is O=C(/C=C/c1cccs1)OCc1cc(-c2ccc(Cl)cc2)on1. The monoisotopic (exact) mass is 345 g/mol. The molecule has 0 aliphatic carbocycles. The summed E-state index contributed by atoms with van der Waals surface area (Å²) in [4.78, 5) is 12.6. The minimum absolute atomic E-state index is 0.0602. The van der Waals surface area contributed by atoms with E-state index in [2.05, 4.69) is 5.16 Å². The zero-order valence-electron chi connectivity index (χ0n) is 11.9.